The number of H-pyrrole nitrogens is 1. The number of aromatic nitrogens is 3. The summed E-state index contributed by atoms with van der Waals surface area (Å²) in [5.41, 5.74) is 3.27. The molecule has 2 aromatic carbocycles. The van der Waals surface area contributed by atoms with Crippen LogP contribution in [0.1, 0.15) is 12.8 Å². The van der Waals surface area contributed by atoms with Crippen LogP contribution in [-0.2, 0) is 4.43 Å². The van der Waals surface area contributed by atoms with E-state index in [9.17, 15) is 5.11 Å². The van der Waals surface area contributed by atoms with E-state index in [0.29, 0.717) is 0 Å². The average Bonchev–Trinajstić information content (AvgIpc) is 3.06. The Morgan fingerprint density at radius 3 is 2.59 bits per heavy atom. The zero-order valence-electron chi connectivity index (χ0n) is 12.3. The summed E-state index contributed by atoms with van der Waals surface area (Å²) in [4.78, 5) is 0. The van der Waals surface area contributed by atoms with Gasteiger partial charge in [-0.05, 0) is 24.6 Å². The molecule has 0 radical (unpaired) electrons. The summed E-state index contributed by atoms with van der Waals surface area (Å²) in [6.07, 6.45) is 2.75. The molecule has 1 fully saturated rings. The van der Waals surface area contributed by atoms with E-state index in [-0.39, 0.29) is 15.5 Å². The fourth-order valence-corrected chi connectivity index (χ4v) is 3.65. The van der Waals surface area contributed by atoms with E-state index in [1.54, 1.807) is 12.1 Å². The van der Waals surface area contributed by atoms with Crippen LogP contribution < -0.4 is 0 Å². The maximum atomic E-state index is 9.80. The minimum atomic E-state index is 0.00849. The van der Waals surface area contributed by atoms with Gasteiger partial charge < -0.3 is 9.53 Å². The highest BCUT2D eigenvalue weighted by molar-refractivity contribution is 6.27. The molecule has 0 bridgehead atoms. The molecule has 4 rings (SSSR count). The van der Waals surface area contributed by atoms with Crippen molar-refractivity contribution in [1.82, 2.24) is 15.4 Å². The number of hydrogen-bond acceptors (Lipinski definition) is 4. The number of fused-ring (bicyclic) bond motifs is 1. The molecule has 1 saturated heterocycles. The number of benzene rings is 2. The van der Waals surface area contributed by atoms with Crippen molar-refractivity contribution in [2.24, 2.45) is 0 Å². The number of aromatic amines is 1. The van der Waals surface area contributed by atoms with Gasteiger partial charge in [0.15, 0.2) is 9.76 Å². The van der Waals surface area contributed by atoms with Crippen LogP contribution in [0.2, 0.25) is 6.04 Å². The van der Waals surface area contributed by atoms with Gasteiger partial charge in [-0.2, -0.15) is 0 Å². The van der Waals surface area contributed by atoms with Gasteiger partial charge in [-0.15, -0.1) is 5.10 Å². The molecule has 1 aliphatic rings. The second kappa shape index (κ2) is 7.19. The molecule has 0 atom stereocenters. The highest BCUT2D eigenvalue weighted by atomic mass is 28.2. The fourth-order valence-electron chi connectivity index (χ4n) is 2.48. The molecule has 3 aromatic rings. The van der Waals surface area contributed by atoms with Crippen molar-refractivity contribution in [2.75, 3.05) is 6.61 Å². The summed E-state index contributed by atoms with van der Waals surface area (Å²) in [6, 6.07) is 14.3. The third kappa shape index (κ3) is 3.34. The van der Waals surface area contributed by atoms with E-state index < -0.39 is 0 Å². The molecule has 114 valence electrons. The van der Waals surface area contributed by atoms with Crippen molar-refractivity contribution in [3.8, 4) is 16.9 Å². The van der Waals surface area contributed by atoms with E-state index in [1.165, 1.54) is 18.9 Å². The average molecular weight is 313 g/mol. The number of rotatable bonds is 1. The summed E-state index contributed by atoms with van der Waals surface area (Å²) in [5.74, 6) is 0.248. The van der Waals surface area contributed by atoms with Crippen LogP contribution in [0, 0.1) is 0 Å². The van der Waals surface area contributed by atoms with Crippen molar-refractivity contribution < 1.29 is 9.53 Å². The third-order valence-electron chi connectivity index (χ3n) is 3.63. The first-order valence-electron chi connectivity index (χ1n) is 7.52. The summed E-state index contributed by atoms with van der Waals surface area (Å²) in [6.45, 7) is 1.06. The van der Waals surface area contributed by atoms with Crippen LogP contribution in [0.5, 0.6) is 5.75 Å². The fraction of sp³-hybridized carbons (Fsp3) is 0.250. The number of hydrogen-bond donors (Lipinski definition) is 2. The van der Waals surface area contributed by atoms with Crippen LogP contribution in [-0.4, -0.2) is 36.9 Å². The second-order valence-corrected chi connectivity index (χ2v) is 6.73. The van der Waals surface area contributed by atoms with Gasteiger partial charge in [0.05, 0.1) is 5.52 Å². The van der Waals surface area contributed by atoms with Crippen molar-refractivity contribution in [3.63, 3.8) is 0 Å². The van der Waals surface area contributed by atoms with Gasteiger partial charge in [-0.3, -0.25) is 5.10 Å². The number of para-hydroxylation sites is 1. The minimum absolute atomic E-state index is 0.00849. The minimum Gasteiger partial charge on any atom is -0.507 e. The van der Waals surface area contributed by atoms with Crippen LogP contribution >= 0.6 is 0 Å². The van der Waals surface area contributed by atoms with Crippen molar-refractivity contribution in [1.29, 1.82) is 0 Å². The van der Waals surface area contributed by atoms with Gasteiger partial charge in [0.2, 0.25) is 0 Å². The van der Waals surface area contributed by atoms with Crippen LogP contribution in [0.4, 0.5) is 0 Å². The molecule has 0 saturated carbocycles. The second-order valence-electron chi connectivity index (χ2n) is 5.20. The summed E-state index contributed by atoms with van der Waals surface area (Å²) >= 11 is 0. The molecule has 5 nitrogen and oxygen atoms in total. The molecule has 0 unspecified atom stereocenters. The van der Waals surface area contributed by atoms with E-state index in [4.69, 9.17) is 4.43 Å². The quantitative estimate of drug-likeness (QED) is 0.678. The first kappa shape index (κ1) is 14.7. The van der Waals surface area contributed by atoms with Gasteiger partial charge in [0.1, 0.15) is 11.3 Å². The standard InChI is InChI=1S/C12H9N3O.C4H10OSi/c16-11-7-2-1-4-8(11)9-5-3-6-10-12(9)14-15-13-10;1-2-4-6-5-3-1/h1-7,16H,(H,13,14,15);1-4,6H2. The predicted octanol–water partition coefficient (Wildman–Crippen LogP) is 2.63. The van der Waals surface area contributed by atoms with Crippen LogP contribution in [0.3, 0.4) is 0 Å². The lowest BCUT2D eigenvalue weighted by Crippen LogP contribution is -2.06. The predicted molar refractivity (Wildman–Crippen MR) is 89.5 cm³/mol. The molecule has 2 heterocycles. The highest BCUT2D eigenvalue weighted by Gasteiger charge is 2.09. The molecule has 22 heavy (non-hydrogen) atoms. The number of nitrogens with zero attached hydrogens (tertiary/aromatic N) is 2. The monoisotopic (exact) mass is 313 g/mol. The lowest BCUT2D eigenvalue weighted by atomic mass is 10.0. The Morgan fingerprint density at radius 2 is 1.91 bits per heavy atom. The maximum absolute atomic E-state index is 9.80. The van der Waals surface area contributed by atoms with Crippen molar-refractivity contribution in [2.45, 2.75) is 18.9 Å². The number of phenols is 1. The van der Waals surface area contributed by atoms with Gasteiger partial charge >= 0.3 is 0 Å². The molecule has 0 aliphatic carbocycles. The third-order valence-corrected chi connectivity index (χ3v) is 4.99. The van der Waals surface area contributed by atoms with Gasteiger partial charge in [0, 0.05) is 17.7 Å². The first-order chi connectivity index (χ1) is 10.9. The van der Waals surface area contributed by atoms with E-state index >= 15 is 0 Å². The molecular weight excluding hydrogens is 294 g/mol. The largest absolute Gasteiger partial charge is 0.507 e. The molecular formula is C16H19N3O2Si. The van der Waals surface area contributed by atoms with Crippen LogP contribution in [0.15, 0.2) is 42.5 Å². The lowest BCUT2D eigenvalue weighted by Gasteiger charge is -2.07. The zero-order valence-corrected chi connectivity index (χ0v) is 13.7. The SMILES string of the molecule is C1CC[SiH2]OC1.Oc1ccccc1-c1cccc2[nH]nnc12. The zero-order chi connectivity index (χ0) is 15.2. The van der Waals surface area contributed by atoms with Crippen LogP contribution in [0.25, 0.3) is 22.2 Å². The van der Waals surface area contributed by atoms with Gasteiger partial charge in [-0.1, -0.05) is 42.0 Å². The number of phenolic OH excluding ortho intramolecular Hbond substituents is 1. The summed E-state index contributed by atoms with van der Waals surface area (Å²) < 4.78 is 5.21. The lowest BCUT2D eigenvalue weighted by molar-refractivity contribution is 0.304. The molecule has 6 heteroatoms. The Bertz CT molecular complexity index is 729. The normalized spacial score (nSPS) is 15.5. The van der Waals surface area contributed by atoms with Gasteiger partial charge in [-0.25, -0.2) is 0 Å². The summed E-state index contributed by atoms with van der Waals surface area (Å²) in [5, 5.41) is 20.4. The Labute approximate surface area is 131 Å². The topological polar surface area (TPSA) is 71.0 Å². The van der Waals surface area contributed by atoms with E-state index in [1.807, 2.05) is 30.3 Å². The Morgan fingerprint density at radius 1 is 1.05 bits per heavy atom. The molecule has 2 N–H and O–H groups in total. The Balaban J connectivity index is 0.000000202. The number of nitrogens with one attached hydrogen (secondary N) is 1. The van der Waals surface area contributed by atoms with Crippen molar-refractivity contribution in [3.05, 3.63) is 42.5 Å². The Hall–Kier alpha value is -2.18. The summed E-state index contributed by atoms with van der Waals surface area (Å²) in [7, 11) is 0.00849. The number of aromatic hydroxyl groups is 1. The highest BCUT2D eigenvalue weighted by Crippen LogP contribution is 2.32. The molecule has 0 spiro atoms. The molecule has 0 amide bonds. The molecule has 1 aromatic heterocycles. The first-order valence-corrected chi connectivity index (χ1v) is 9.10. The van der Waals surface area contributed by atoms with E-state index in [2.05, 4.69) is 15.4 Å². The van der Waals surface area contributed by atoms with Gasteiger partial charge in [0.25, 0.3) is 0 Å². The van der Waals surface area contributed by atoms with E-state index in [0.717, 1.165) is 28.8 Å². The molecule has 1 aliphatic heterocycles. The van der Waals surface area contributed by atoms with Crippen molar-refractivity contribution >= 4 is 20.8 Å². The Kier molecular flexibility index (Phi) is 4.82. The smallest absolute Gasteiger partial charge is 0.161 e. The maximum Gasteiger partial charge on any atom is 0.161 e.